The van der Waals surface area contributed by atoms with E-state index in [0.717, 1.165) is 0 Å². The van der Waals surface area contributed by atoms with Crippen molar-refractivity contribution in [3.8, 4) is 0 Å². The van der Waals surface area contributed by atoms with Gasteiger partial charge in [-0.1, -0.05) is 27.7 Å². The maximum atomic E-state index is 4.76. The number of thioether (sulfide) groups is 1. The van der Waals surface area contributed by atoms with Crippen LogP contribution in [0.2, 0.25) is 0 Å². The zero-order valence-corrected chi connectivity index (χ0v) is 15.7. The second-order valence-corrected chi connectivity index (χ2v) is 8.92. The van der Waals surface area contributed by atoms with Gasteiger partial charge in [-0.05, 0) is 38.7 Å². The molecule has 0 saturated heterocycles. The molecule has 0 saturated carbocycles. The van der Waals surface area contributed by atoms with Crippen LogP contribution in [0.3, 0.4) is 0 Å². The molecule has 1 rings (SSSR count). The molecule has 2 atom stereocenters. The summed E-state index contributed by atoms with van der Waals surface area (Å²) in [7, 11) is 0. The zero-order chi connectivity index (χ0) is 15.3. The number of aromatic nitrogens is 1. The van der Waals surface area contributed by atoms with Gasteiger partial charge in [-0.15, -0.1) is 11.3 Å². The van der Waals surface area contributed by atoms with Gasteiger partial charge in [0.05, 0.1) is 10.7 Å². The third-order valence-electron chi connectivity index (χ3n) is 3.30. The first-order valence-corrected chi connectivity index (χ1v) is 9.54. The highest BCUT2D eigenvalue weighted by Gasteiger charge is 2.22. The van der Waals surface area contributed by atoms with E-state index in [1.807, 2.05) is 23.1 Å². The Bertz CT molecular complexity index is 407. The molecular weight excluding hydrogens is 284 g/mol. The Morgan fingerprint density at radius 3 is 2.45 bits per heavy atom. The van der Waals surface area contributed by atoms with E-state index in [4.69, 9.17) is 4.98 Å². The fraction of sp³-hybridized carbons (Fsp3) is 0.812. The summed E-state index contributed by atoms with van der Waals surface area (Å²) in [6.07, 6.45) is 1.23. The summed E-state index contributed by atoms with van der Waals surface area (Å²) in [5.41, 5.74) is 1.34. The fourth-order valence-corrected chi connectivity index (χ4v) is 4.07. The van der Waals surface area contributed by atoms with Gasteiger partial charge in [-0.3, -0.25) is 0 Å². The maximum Gasteiger partial charge on any atom is 0.0985 e. The summed E-state index contributed by atoms with van der Waals surface area (Å²) in [5, 5.41) is 4.96. The molecule has 1 N–H and O–H groups in total. The van der Waals surface area contributed by atoms with Gasteiger partial charge in [0.1, 0.15) is 0 Å². The molecule has 0 spiro atoms. The van der Waals surface area contributed by atoms with Crippen LogP contribution in [0.4, 0.5) is 0 Å². The highest BCUT2D eigenvalue weighted by molar-refractivity contribution is 7.99. The molecule has 2 nitrogen and oxygen atoms in total. The summed E-state index contributed by atoms with van der Waals surface area (Å²) < 4.78 is 0. The van der Waals surface area contributed by atoms with Gasteiger partial charge in [0.25, 0.3) is 0 Å². The number of aryl methyl sites for hydroxylation is 1. The first-order chi connectivity index (χ1) is 9.25. The van der Waals surface area contributed by atoms with Gasteiger partial charge < -0.3 is 5.32 Å². The summed E-state index contributed by atoms with van der Waals surface area (Å²) in [6.45, 7) is 15.6. The van der Waals surface area contributed by atoms with Crippen molar-refractivity contribution in [3.63, 3.8) is 0 Å². The first-order valence-electron chi connectivity index (χ1n) is 7.57. The molecular formula is C16H30N2S2. The van der Waals surface area contributed by atoms with Crippen LogP contribution in [0.1, 0.15) is 69.6 Å². The molecule has 0 aliphatic rings. The van der Waals surface area contributed by atoms with E-state index in [-0.39, 0.29) is 5.41 Å². The summed E-state index contributed by atoms with van der Waals surface area (Å²) in [5.74, 6) is 2.46. The average molecular weight is 315 g/mol. The van der Waals surface area contributed by atoms with Gasteiger partial charge in [-0.25, -0.2) is 4.98 Å². The molecule has 4 heteroatoms. The van der Waals surface area contributed by atoms with Crippen molar-refractivity contribution in [1.82, 2.24) is 10.3 Å². The minimum absolute atomic E-state index is 0.150. The predicted molar refractivity (Wildman–Crippen MR) is 94.2 cm³/mol. The van der Waals surface area contributed by atoms with E-state index in [2.05, 4.69) is 53.8 Å². The van der Waals surface area contributed by atoms with Crippen LogP contribution >= 0.6 is 23.1 Å². The lowest BCUT2D eigenvalue weighted by molar-refractivity contribution is 0.474. The molecule has 0 aliphatic heterocycles. The van der Waals surface area contributed by atoms with Gasteiger partial charge in [0, 0.05) is 22.4 Å². The maximum absolute atomic E-state index is 4.76. The van der Waals surface area contributed by atoms with E-state index >= 15 is 0 Å². The lowest BCUT2D eigenvalue weighted by Gasteiger charge is -2.19. The fourth-order valence-electron chi connectivity index (χ4n) is 2.12. The van der Waals surface area contributed by atoms with E-state index in [1.54, 1.807) is 0 Å². The van der Waals surface area contributed by atoms with Crippen molar-refractivity contribution in [3.05, 3.63) is 15.6 Å². The minimum Gasteiger partial charge on any atom is -0.307 e. The van der Waals surface area contributed by atoms with E-state index in [9.17, 15) is 0 Å². The van der Waals surface area contributed by atoms with E-state index < -0.39 is 0 Å². The van der Waals surface area contributed by atoms with Crippen molar-refractivity contribution < 1.29 is 0 Å². The van der Waals surface area contributed by atoms with Crippen LogP contribution in [-0.2, 0) is 5.41 Å². The molecule has 20 heavy (non-hydrogen) atoms. The first kappa shape index (κ1) is 18.0. The van der Waals surface area contributed by atoms with Gasteiger partial charge >= 0.3 is 0 Å². The second kappa shape index (κ2) is 7.81. The zero-order valence-electron chi connectivity index (χ0n) is 14.0. The molecule has 1 heterocycles. The number of thiazole rings is 1. The van der Waals surface area contributed by atoms with Gasteiger partial charge in [-0.2, -0.15) is 11.8 Å². The third-order valence-corrected chi connectivity index (χ3v) is 6.00. The Hall–Kier alpha value is -0.0600. The van der Waals surface area contributed by atoms with E-state index in [0.29, 0.717) is 12.1 Å². The van der Waals surface area contributed by atoms with Crippen molar-refractivity contribution >= 4 is 23.1 Å². The predicted octanol–water partition coefficient (Wildman–Crippen LogP) is 4.93. The lowest BCUT2D eigenvalue weighted by Crippen LogP contribution is -2.29. The van der Waals surface area contributed by atoms with Crippen LogP contribution in [0.5, 0.6) is 0 Å². The number of nitrogens with zero attached hydrogens (tertiary/aromatic N) is 1. The summed E-state index contributed by atoms with van der Waals surface area (Å²) in [4.78, 5) is 6.15. The molecule has 0 aliphatic carbocycles. The number of nitrogens with one attached hydrogen (secondary N) is 1. The average Bonchev–Trinajstić information content (AvgIpc) is 2.71. The molecule has 0 fully saturated rings. The Morgan fingerprint density at radius 2 is 1.95 bits per heavy atom. The van der Waals surface area contributed by atoms with Crippen molar-refractivity contribution in [2.45, 2.75) is 72.4 Å². The molecule has 1 aromatic rings. The molecule has 0 bridgehead atoms. The highest BCUT2D eigenvalue weighted by atomic mass is 32.2. The second-order valence-electron chi connectivity index (χ2n) is 6.49. The Morgan fingerprint density at radius 1 is 1.30 bits per heavy atom. The normalized spacial score (nSPS) is 15.3. The molecule has 1 aromatic heterocycles. The number of hydrogen-bond acceptors (Lipinski definition) is 4. The Balaban J connectivity index is 2.63. The standard InChI is InChI=1S/C16H30N2S2/c1-8-19-10-9-11(2)17-12(3)14-13(4)18-15(20-14)16(5,6)7/h11-12,17H,8-10H2,1-7H3. The largest absolute Gasteiger partial charge is 0.307 e. The topological polar surface area (TPSA) is 24.9 Å². The monoisotopic (exact) mass is 314 g/mol. The van der Waals surface area contributed by atoms with Crippen LogP contribution in [0.25, 0.3) is 0 Å². The molecule has 116 valence electrons. The Kier molecular flexibility index (Phi) is 7.02. The number of rotatable bonds is 7. The van der Waals surface area contributed by atoms with Crippen LogP contribution < -0.4 is 5.32 Å². The highest BCUT2D eigenvalue weighted by Crippen LogP contribution is 2.32. The minimum atomic E-state index is 0.150. The molecule has 0 radical (unpaired) electrons. The van der Waals surface area contributed by atoms with Crippen molar-refractivity contribution in [1.29, 1.82) is 0 Å². The lowest BCUT2D eigenvalue weighted by atomic mass is 9.98. The van der Waals surface area contributed by atoms with Crippen molar-refractivity contribution in [2.24, 2.45) is 0 Å². The third kappa shape index (κ3) is 5.38. The van der Waals surface area contributed by atoms with Crippen LogP contribution in [-0.4, -0.2) is 22.5 Å². The number of hydrogen-bond donors (Lipinski definition) is 1. The smallest absolute Gasteiger partial charge is 0.0985 e. The van der Waals surface area contributed by atoms with E-state index in [1.165, 1.54) is 33.5 Å². The summed E-state index contributed by atoms with van der Waals surface area (Å²) >= 11 is 3.89. The van der Waals surface area contributed by atoms with Crippen molar-refractivity contribution in [2.75, 3.05) is 11.5 Å². The van der Waals surface area contributed by atoms with Gasteiger partial charge in [0.15, 0.2) is 0 Å². The quantitative estimate of drug-likeness (QED) is 0.722. The SMILES string of the molecule is CCSCCC(C)NC(C)c1sc(C(C)(C)C)nc1C. The molecule has 0 aromatic carbocycles. The Labute approximate surface area is 133 Å². The van der Waals surface area contributed by atoms with Crippen LogP contribution in [0, 0.1) is 6.92 Å². The van der Waals surface area contributed by atoms with Gasteiger partial charge in [0.2, 0.25) is 0 Å². The molecule has 2 unspecified atom stereocenters. The summed E-state index contributed by atoms with van der Waals surface area (Å²) in [6, 6.07) is 0.953. The van der Waals surface area contributed by atoms with Crippen LogP contribution in [0.15, 0.2) is 0 Å². The molecule has 0 amide bonds.